The summed E-state index contributed by atoms with van der Waals surface area (Å²) in [7, 11) is 5.77. The monoisotopic (exact) mass is 603 g/mol. The highest BCUT2D eigenvalue weighted by atomic mass is 35.5. The summed E-state index contributed by atoms with van der Waals surface area (Å²) in [4.78, 5) is 32.0. The molecule has 0 aliphatic rings. The number of aromatic nitrogens is 2. The van der Waals surface area contributed by atoms with E-state index in [2.05, 4.69) is 4.98 Å². The number of fused-ring (bicyclic) bond motifs is 1. The zero-order valence-corrected chi connectivity index (χ0v) is 24.8. The molecular weight excluding hydrogens is 574 g/mol. The van der Waals surface area contributed by atoms with Gasteiger partial charge in [0, 0.05) is 23.1 Å². The minimum atomic E-state index is -0.718. The van der Waals surface area contributed by atoms with Crippen molar-refractivity contribution < 1.29 is 28.5 Å². The lowest BCUT2D eigenvalue weighted by atomic mass is 9.95. The average molecular weight is 604 g/mol. The quantitative estimate of drug-likeness (QED) is 0.173. The van der Waals surface area contributed by atoms with Gasteiger partial charge in [0.05, 0.1) is 39.5 Å². The number of pyridine rings is 2. The molecule has 0 saturated carbocycles. The van der Waals surface area contributed by atoms with Gasteiger partial charge < -0.3 is 29.4 Å². The number of carbonyl (C=O) groups excluding carboxylic acids is 1. The number of anilines is 1. The first-order valence-corrected chi connectivity index (χ1v) is 12.9. The van der Waals surface area contributed by atoms with Crippen LogP contribution >= 0.6 is 12.4 Å². The summed E-state index contributed by atoms with van der Waals surface area (Å²) >= 11 is 0. The highest BCUT2D eigenvalue weighted by Crippen LogP contribution is 2.44. The van der Waals surface area contributed by atoms with E-state index in [1.54, 1.807) is 60.8 Å². The molecule has 11 heteroatoms. The molecular formula is C32H30ClN3O7. The third-order valence-electron chi connectivity index (χ3n) is 6.75. The first kappa shape index (κ1) is 30.7. The fourth-order valence-electron chi connectivity index (χ4n) is 4.79. The highest BCUT2D eigenvalue weighted by molar-refractivity contribution is 6.08. The molecule has 3 aromatic carbocycles. The second-order valence-corrected chi connectivity index (χ2v) is 9.18. The van der Waals surface area contributed by atoms with Crippen LogP contribution in [0.5, 0.6) is 23.0 Å². The van der Waals surface area contributed by atoms with E-state index in [4.69, 9.17) is 29.4 Å². The molecule has 0 amide bonds. The summed E-state index contributed by atoms with van der Waals surface area (Å²) in [6, 6.07) is 20.7. The van der Waals surface area contributed by atoms with Crippen LogP contribution in [-0.4, -0.2) is 44.0 Å². The van der Waals surface area contributed by atoms with E-state index in [1.165, 1.54) is 33.0 Å². The molecule has 2 N–H and O–H groups in total. The Kier molecular flexibility index (Phi) is 9.42. The van der Waals surface area contributed by atoms with Gasteiger partial charge in [-0.1, -0.05) is 6.07 Å². The number of halogens is 1. The largest absolute Gasteiger partial charge is 0.493 e. The number of methoxy groups -OCH3 is 4. The maximum absolute atomic E-state index is 14.2. The Morgan fingerprint density at radius 3 is 2.14 bits per heavy atom. The summed E-state index contributed by atoms with van der Waals surface area (Å²) in [5.41, 5.74) is 8.10. The summed E-state index contributed by atoms with van der Waals surface area (Å²) in [5.74, 6) is 0.860. The molecule has 0 bridgehead atoms. The fraction of sp³-hybridized carbons (Fsp3) is 0.156. The minimum absolute atomic E-state index is 0. The van der Waals surface area contributed by atoms with E-state index in [-0.39, 0.29) is 24.7 Å². The van der Waals surface area contributed by atoms with Crippen LogP contribution in [0.1, 0.15) is 16.2 Å². The third kappa shape index (κ3) is 5.91. The number of benzene rings is 3. The van der Waals surface area contributed by atoms with Crippen LogP contribution in [0.4, 0.5) is 5.69 Å². The first-order valence-electron chi connectivity index (χ1n) is 12.9. The molecule has 43 heavy (non-hydrogen) atoms. The van der Waals surface area contributed by atoms with Gasteiger partial charge in [-0.25, -0.2) is 4.79 Å². The number of carbonyl (C=O) groups is 1. The molecule has 2 aromatic heterocycles. The number of hydrogen-bond acceptors (Lipinski definition) is 9. The van der Waals surface area contributed by atoms with Crippen LogP contribution in [0.25, 0.3) is 27.6 Å². The van der Waals surface area contributed by atoms with Crippen LogP contribution in [0.2, 0.25) is 0 Å². The number of rotatable bonds is 9. The van der Waals surface area contributed by atoms with Crippen LogP contribution < -0.4 is 30.2 Å². The van der Waals surface area contributed by atoms with E-state index in [0.717, 1.165) is 5.69 Å². The molecule has 0 saturated heterocycles. The Morgan fingerprint density at radius 2 is 1.56 bits per heavy atom. The smallest absolute Gasteiger partial charge is 0.355 e. The van der Waals surface area contributed by atoms with E-state index in [0.29, 0.717) is 56.3 Å². The zero-order chi connectivity index (χ0) is 29.8. The second kappa shape index (κ2) is 13.2. The summed E-state index contributed by atoms with van der Waals surface area (Å²) in [6.45, 7) is 0.207. The van der Waals surface area contributed by atoms with Gasteiger partial charge >= 0.3 is 5.97 Å². The zero-order valence-electron chi connectivity index (χ0n) is 24.0. The maximum Gasteiger partial charge on any atom is 0.355 e. The van der Waals surface area contributed by atoms with E-state index < -0.39 is 11.5 Å². The van der Waals surface area contributed by atoms with E-state index in [9.17, 15) is 9.59 Å². The van der Waals surface area contributed by atoms with Crippen molar-refractivity contribution in [2.24, 2.45) is 0 Å². The number of ether oxygens (including phenoxy) is 5. The predicted octanol–water partition coefficient (Wildman–Crippen LogP) is 5.45. The second-order valence-electron chi connectivity index (χ2n) is 9.18. The molecule has 10 nitrogen and oxygen atoms in total. The summed E-state index contributed by atoms with van der Waals surface area (Å²) in [6.07, 6.45) is 1.68. The number of hydrogen-bond donors (Lipinski definition) is 1. The third-order valence-corrected chi connectivity index (χ3v) is 6.75. The lowest BCUT2D eigenvalue weighted by Crippen LogP contribution is -2.27. The summed E-state index contributed by atoms with van der Waals surface area (Å²) in [5, 5.41) is 0.799. The molecule has 5 rings (SSSR count). The van der Waals surface area contributed by atoms with Gasteiger partial charge in [-0.3, -0.25) is 14.3 Å². The Hall–Kier alpha value is -5.22. The van der Waals surface area contributed by atoms with Crippen molar-refractivity contribution in [3.8, 4) is 39.8 Å². The van der Waals surface area contributed by atoms with Crippen molar-refractivity contribution in [2.45, 2.75) is 6.61 Å². The molecule has 5 aromatic rings. The van der Waals surface area contributed by atoms with E-state index >= 15 is 0 Å². The first-order chi connectivity index (χ1) is 20.4. The van der Waals surface area contributed by atoms with Crippen LogP contribution in [0, 0.1) is 0 Å². The SMILES string of the molecule is COC(=O)c1c(-c2cc(OC)c(OC)c(OC)c2)c2ccc(OCc3ccccn3)cc2c(=O)n1-c1ccc(N)cc1.Cl. The lowest BCUT2D eigenvalue weighted by Gasteiger charge is -2.21. The van der Waals surface area contributed by atoms with Crippen LogP contribution in [-0.2, 0) is 11.3 Å². The number of nitrogens with two attached hydrogens (primary N) is 1. The van der Waals surface area contributed by atoms with E-state index in [1.807, 2.05) is 18.2 Å². The Labute approximate surface area is 254 Å². The van der Waals surface area contributed by atoms with Gasteiger partial charge in [0.2, 0.25) is 5.75 Å². The number of nitrogens with zero attached hydrogens (tertiary/aromatic N) is 2. The van der Waals surface area contributed by atoms with Crippen molar-refractivity contribution in [1.29, 1.82) is 0 Å². The Balaban J connectivity index is 0.00000423. The summed E-state index contributed by atoms with van der Waals surface area (Å²) < 4.78 is 29.2. The number of nitrogen functional groups attached to an aromatic ring is 1. The van der Waals surface area contributed by atoms with Gasteiger partial charge in [0.1, 0.15) is 18.1 Å². The van der Waals surface area contributed by atoms with Crippen LogP contribution in [0.15, 0.2) is 83.8 Å². The predicted molar refractivity (Wildman–Crippen MR) is 166 cm³/mol. The Bertz CT molecular complexity index is 1800. The molecule has 0 atom stereocenters. The van der Waals surface area contributed by atoms with Crippen molar-refractivity contribution >= 4 is 34.8 Å². The lowest BCUT2D eigenvalue weighted by molar-refractivity contribution is 0.0591. The molecule has 2 heterocycles. The molecule has 0 spiro atoms. The molecule has 0 aliphatic carbocycles. The van der Waals surface area contributed by atoms with Gasteiger partial charge in [0.25, 0.3) is 5.56 Å². The van der Waals surface area contributed by atoms with Crippen molar-refractivity contribution in [2.75, 3.05) is 34.2 Å². The van der Waals surface area contributed by atoms with Crippen LogP contribution in [0.3, 0.4) is 0 Å². The number of esters is 1. The average Bonchev–Trinajstić information content (AvgIpc) is 3.03. The normalized spacial score (nSPS) is 10.5. The van der Waals surface area contributed by atoms with Gasteiger partial charge in [-0.2, -0.15) is 0 Å². The highest BCUT2D eigenvalue weighted by Gasteiger charge is 2.27. The van der Waals surface area contributed by atoms with Crippen molar-refractivity contribution in [3.05, 3.63) is 101 Å². The van der Waals surface area contributed by atoms with Gasteiger partial charge in [-0.15, -0.1) is 12.4 Å². The molecule has 0 unspecified atom stereocenters. The Morgan fingerprint density at radius 1 is 0.860 bits per heavy atom. The molecule has 222 valence electrons. The molecule has 0 radical (unpaired) electrons. The fourth-order valence-corrected chi connectivity index (χ4v) is 4.79. The molecule has 0 aliphatic heterocycles. The maximum atomic E-state index is 14.2. The van der Waals surface area contributed by atoms with Crippen molar-refractivity contribution in [3.63, 3.8) is 0 Å². The van der Waals surface area contributed by atoms with Gasteiger partial charge in [0.15, 0.2) is 11.5 Å². The van der Waals surface area contributed by atoms with Crippen molar-refractivity contribution in [1.82, 2.24) is 9.55 Å². The van der Waals surface area contributed by atoms with Gasteiger partial charge in [-0.05, 0) is 77.7 Å². The minimum Gasteiger partial charge on any atom is -0.493 e. The standard InChI is InChI=1S/C32H29N3O7.ClH/c1-38-26-15-19(16-27(39-2)30(26)40-3)28-24-13-12-23(42-18-21-7-5-6-14-34-21)17-25(24)31(36)35(29(28)32(37)41-4)22-10-8-20(33)9-11-22;/h5-17H,18,33H2,1-4H3;1H. The topological polar surface area (TPSA) is 124 Å². The molecule has 0 fully saturated rings.